The number of hydrogen-bond acceptors (Lipinski definition) is 5. The van der Waals surface area contributed by atoms with Gasteiger partial charge >= 0.3 is 0 Å². The first kappa shape index (κ1) is 23.0. The van der Waals surface area contributed by atoms with Gasteiger partial charge in [-0.25, -0.2) is 0 Å². The normalized spacial score (nSPS) is 22.2. The lowest BCUT2D eigenvalue weighted by molar-refractivity contribution is -0.140. The van der Waals surface area contributed by atoms with Gasteiger partial charge in [-0.1, -0.05) is 64.0 Å². The van der Waals surface area contributed by atoms with Gasteiger partial charge in [0.05, 0.1) is 12.5 Å². The lowest BCUT2D eigenvalue weighted by Gasteiger charge is -2.41. The first-order valence-corrected chi connectivity index (χ1v) is 12.1. The first-order chi connectivity index (χ1) is 15.1. The number of amides is 1. The van der Waals surface area contributed by atoms with Gasteiger partial charge in [-0.15, -0.1) is 0 Å². The van der Waals surface area contributed by atoms with Crippen molar-refractivity contribution in [2.45, 2.75) is 72.3 Å². The third-order valence-electron chi connectivity index (χ3n) is 6.90. The van der Waals surface area contributed by atoms with Crippen molar-refractivity contribution >= 4 is 5.91 Å². The van der Waals surface area contributed by atoms with Crippen LogP contribution >= 0.6 is 0 Å². The van der Waals surface area contributed by atoms with Crippen molar-refractivity contribution in [3.63, 3.8) is 0 Å². The van der Waals surface area contributed by atoms with Gasteiger partial charge in [0.2, 0.25) is 17.6 Å². The molecule has 2 aromatic rings. The van der Waals surface area contributed by atoms with E-state index >= 15 is 0 Å². The van der Waals surface area contributed by atoms with E-state index in [0.717, 1.165) is 51.0 Å². The third-order valence-corrected chi connectivity index (χ3v) is 6.90. The second-order valence-electron chi connectivity index (χ2n) is 11.4. The van der Waals surface area contributed by atoms with Crippen LogP contribution in [0.2, 0.25) is 0 Å². The van der Waals surface area contributed by atoms with Crippen molar-refractivity contribution < 1.29 is 9.32 Å². The quantitative estimate of drug-likeness (QED) is 0.680. The molecule has 0 bridgehead atoms. The summed E-state index contributed by atoms with van der Waals surface area (Å²) in [5.74, 6) is 1.64. The number of rotatable bonds is 4. The number of carbonyl (C=O) groups excluding carboxylic acids is 1. The summed E-state index contributed by atoms with van der Waals surface area (Å²) in [4.78, 5) is 22.2. The molecule has 0 saturated carbocycles. The van der Waals surface area contributed by atoms with Gasteiger partial charge in [-0.3, -0.25) is 9.69 Å². The Balaban J connectivity index is 1.36. The molecular formula is C26H38N4O2. The van der Waals surface area contributed by atoms with E-state index in [1.54, 1.807) is 0 Å². The lowest BCUT2D eigenvalue weighted by atomic mass is 9.83. The highest BCUT2D eigenvalue weighted by Crippen LogP contribution is 2.31. The zero-order valence-corrected chi connectivity index (χ0v) is 20.4. The second kappa shape index (κ2) is 8.97. The Kier molecular flexibility index (Phi) is 6.44. The van der Waals surface area contributed by atoms with E-state index in [2.05, 4.69) is 78.8 Å². The van der Waals surface area contributed by atoms with Crippen LogP contribution in [-0.2, 0) is 16.8 Å². The van der Waals surface area contributed by atoms with Gasteiger partial charge in [0.15, 0.2) is 0 Å². The molecule has 2 aliphatic heterocycles. The van der Waals surface area contributed by atoms with Crippen molar-refractivity contribution in [3.05, 3.63) is 35.7 Å². The minimum atomic E-state index is 0.0741. The highest BCUT2D eigenvalue weighted by Gasteiger charge is 2.34. The molecule has 0 spiro atoms. The van der Waals surface area contributed by atoms with Crippen LogP contribution in [0.4, 0.5) is 0 Å². The highest BCUT2D eigenvalue weighted by molar-refractivity contribution is 5.79. The van der Waals surface area contributed by atoms with Gasteiger partial charge in [-0.05, 0) is 48.6 Å². The number of nitrogens with zero attached hydrogens (tertiary/aromatic N) is 4. The summed E-state index contributed by atoms with van der Waals surface area (Å²) < 4.78 is 5.56. The second-order valence-corrected chi connectivity index (χ2v) is 11.4. The number of benzene rings is 1. The predicted molar refractivity (Wildman–Crippen MR) is 126 cm³/mol. The number of carbonyl (C=O) groups is 1. The minimum Gasteiger partial charge on any atom is -0.342 e. The van der Waals surface area contributed by atoms with Crippen LogP contribution in [0.5, 0.6) is 0 Å². The van der Waals surface area contributed by atoms with Crippen molar-refractivity contribution in [2.75, 3.05) is 26.2 Å². The molecule has 6 nitrogen and oxygen atoms in total. The predicted octanol–water partition coefficient (Wildman–Crippen LogP) is 4.89. The van der Waals surface area contributed by atoms with Crippen molar-refractivity contribution in [3.8, 4) is 11.4 Å². The van der Waals surface area contributed by atoms with E-state index in [1.807, 2.05) is 0 Å². The molecule has 3 heterocycles. The summed E-state index contributed by atoms with van der Waals surface area (Å²) in [6.07, 6.45) is 4.31. The maximum absolute atomic E-state index is 13.2. The highest BCUT2D eigenvalue weighted by atomic mass is 16.5. The summed E-state index contributed by atoms with van der Waals surface area (Å²) in [6.45, 7) is 15.3. The first-order valence-electron chi connectivity index (χ1n) is 12.1. The van der Waals surface area contributed by atoms with Gasteiger partial charge < -0.3 is 9.42 Å². The lowest BCUT2D eigenvalue weighted by Crippen LogP contribution is -2.49. The fourth-order valence-electron chi connectivity index (χ4n) is 5.02. The molecule has 0 N–H and O–H groups in total. The maximum Gasteiger partial charge on any atom is 0.241 e. The Morgan fingerprint density at radius 2 is 1.91 bits per heavy atom. The summed E-state index contributed by atoms with van der Waals surface area (Å²) in [7, 11) is 0. The van der Waals surface area contributed by atoms with Gasteiger partial charge in [-0.2, -0.15) is 4.98 Å². The third kappa shape index (κ3) is 5.40. The number of aromatic nitrogens is 2. The topological polar surface area (TPSA) is 62.5 Å². The van der Waals surface area contributed by atoms with Gasteiger partial charge in [0.25, 0.3) is 0 Å². The molecule has 1 aromatic heterocycles. The Morgan fingerprint density at radius 1 is 1.16 bits per heavy atom. The van der Waals surface area contributed by atoms with Gasteiger partial charge in [0.1, 0.15) is 0 Å². The van der Waals surface area contributed by atoms with Crippen LogP contribution in [0, 0.1) is 11.3 Å². The molecule has 1 unspecified atom stereocenters. The Morgan fingerprint density at radius 3 is 2.59 bits per heavy atom. The molecule has 174 valence electrons. The molecule has 2 fully saturated rings. The van der Waals surface area contributed by atoms with E-state index < -0.39 is 0 Å². The zero-order chi connectivity index (χ0) is 22.9. The summed E-state index contributed by atoms with van der Waals surface area (Å²) >= 11 is 0. The molecular weight excluding hydrogens is 400 g/mol. The molecule has 4 rings (SSSR count). The Bertz CT molecular complexity index is 926. The molecule has 1 atom stereocenters. The largest absolute Gasteiger partial charge is 0.342 e. The average molecular weight is 439 g/mol. The van der Waals surface area contributed by atoms with Crippen LogP contribution < -0.4 is 0 Å². The molecule has 0 radical (unpaired) electrons. The summed E-state index contributed by atoms with van der Waals surface area (Å²) in [5, 5.41) is 4.20. The van der Waals surface area contributed by atoms with E-state index in [-0.39, 0.29) is 16.7 Å². The van der Waals surface area contributed by atoms with Gasteiger partial charge in [0, 0.05) is 25.2 Å². The molecule has 0 aliphatic carbocycles. The molecule has 2 aliphatic rings. The standard InChI is InChI=1S/C26H38N4O2/c1-25(2,3)21-11-9-19(10-12-21)23-27-22(32-28-23)17-29-14-6-8-20(16-29)24(31)30-15-7-13-26(4,5)18-30/h9-12,20H,6-8,13-18H2,1-5H3. The number of likely N-dealkylation sites (tertiary alicyclic amines) is 2. The minimum absolute atomic E-state index is 0.0741. The molecule has 32 heavy (non-hydrogen) atoms. The maximum atomic E-state index is 13.2. The van der Waals surface area contributed by atoms with Crippen LogP contribution in [0.3, 0.4) is 0 Å². The van der Waals surface area contributed by atoms with E-state index in [1.165, 1.54) is 12.0 Å². The van der Waals surface area contributed by atoms with Crippen LogP contribution in [0.1, 0.15) is 71.8 Å². The number of hydrogen-bond donors (Lipinski definition) is 0. The van der Waals surface area contributed by atoms with Crippen molar-refractivity contribution in [1.82, 2.24) is 19.9 Å². The van der Waals surface area contributed by atoms with Crippen LogP contribution in [-0.4, -0.2) is 52.0 Å². The Labute approximate surface area is 192 Å². The van der Waals surface area contributed by atoms with Crippen molar-refractivity contribution in [1.29, 1.82) is 0 Å². The van der Waals surface area contributed by atoms with Crippen LogP contribution in [0.25, 0.3) is 11.4 Å². The van der Waals surface area contributed by atoms with E-state index in [0.29, 0.717) is 24.2 Å². The molecule has 1 amide bonds. The number of piperidine rings is 2. The molecule has 2 saturated heterocycles. The SMILES string of the molecule is CC1(C)CCCN(C(=O)C2CCCN(Cc3nc(-c4ccc(C(C)(C)C)cc4)no3)C2)C1. The summed E-state index contributed by atoms with van der Waals surface area (Å²) in [5.41, 5.74) is 2.60. The average Bonchev–Trinajstić information content (AvgIpc) is 3.20. The fourth-order valence-corrected chi connectivity index (χ4v) is 5.02. The van der Waals surface area contributed by atoms with Crippen LogP contribution in [0.15, 0.2) is 28.8 Å². The smallest absolute Gasteiger partial charge is 0.241 e. The fraction of sp³-hybridized carbons (Fsp3) is 0.654. The molecule has 1 aromatic carbocycles. The van der Waals surface area contributed by atoms with Crippen molar-refractivity contribution in [2.24, 2.45) is 11.3 Å². The van der Waals surface area contributed by atoms with E-state index in [4.69, 9.17) is 4.52 Å². The monoisotopic (exact) mass is 438 g/mol. The summed E-state index contributed by atoms with van der Waals surface area (Å²) in [6, 6.07) is 8.39. The van der Waals surface area contributed by atoms with E-state index in [9.17, 15) is 4.79 Å². The molecule has 6 heteroatoms. The zero-order valence-electron chi connectivity index (χ0n) is 20.4. The Hall–Kier alpha value is -2.21.